The summed E-state index contributed by atoms with van der Waals surface area (Å²) >= 11 is 0. The zero-order chi connectivity index (χ0) is 7.00. The molecule has 0 aliphatic carbocycles. The molecule has 9 heavy (non-hydrogen) atoms. The van der Waals surface area contributed by atoms with Gasteiger partial charge in [-0.05, 0) is 0 Å². The normalized spacial score (nSPS) is 12.4. The second-order valence-electron chi connectivity index (χ2n) is 1.22. The molecule has 0 rings (SSSR count). The maximum Gasteiger partial charge on any atom is 0.497 e. The second-order valence-corrected chi connectivity index (χ2v) is 3.23. The Bertz CT molecular complexity index is 169. The SMILES string of the molecule is CS(=O)(=O)C(F)(F)F.[Zn]. The van der Waals surface area contributed by atoms with Crippen LogP contribution in [0.2, 0.25) is 0 Å². The van der Waals surface area contributed by atoms with Gasteiger partial charge >= 0.3 is 5.51 Å². The first-order chi connectivity index (χ1) is 3.25. The van der Waals surface area contributed by atoms with Gasteiger partial charge in [-0.15, -0.1) is 0 Å². The van der Waals surface area contributed by atoms with E-state index in [1.165, 1.54) is 0 Å². The Labute approximate surface area is 63.1 Å². The van der Waals surface area contributed by atoms with Gasteiger partial charge in [-0.1, -0.05) is 0 Å². The molecule has 0 amide bonds. The summed E-state index contributed by atoms with van der Waals surface area (Å²) in [6.45, 7) is 0. The molecule has 0 atom stereocenters. The van der Waals surface area contributed by atoms with Gasteiger partial charge in [0.1, 0.15) is 0 Å². The summed E-state index contributed by atoms with van der Waals surface area (Å²) in [5, 5.41) is 0. The van der Waals surface area contributed by atoms with Crippen LogP contribution in [0.25, 0.3) is 0 Å². The van der Waals surface area contributed by atoms with E-state index in [0.717, 1.165) is 0 Å². The molecule has 0 aliphatic heterocycles. The van der Waals surface area contributed by atoms with E-state index in [1.807, 2.05) is 0 Å². The number of sulfone groups is 1. The van der Waals surface area contributed by atoms with Crippen LogP contribution < -0.4 is 0 Å². The minimum Gasteiger partial charge on any atom is -0.220 e. The Morgan fingerprint density at radius 1 is 1.22 bits per heavy atom. The molecule has 2 nitrogen and oxygen atoms in total. The van der Waals surface area contributed by atoms with Gasteiger partial charge in [0.2, 0.25) is 9.84 Å². The average Bonchev–Trinajstić information content (AvgIpc) is 1.25. The van der Waals surface area contributed by atoms with Crippen molar-refractivity contribution in [1.29, 1.82) is 0 Å². The monoisotopic (exact) mass is 212 g/mol. The van der Waals surface area contributed by atoms with E-state index in [-0.39, 0.29) is 25.7 Å². The molecule has 0 aromatic carbocycles. The first kappa shape index (κ1) is 12.1. The quantitative estimate of drug-likeness (QED) is 0.551. The molecule has 0 aliphatic rings. The molecule has 0 heterocycles. The standard InChI is InChI=1S/C2H3F3O2S.Zn/c1-8(6,7)2(3,4)5;/h1H3;. The summed E-state index contributed by atoms with van der Waals surface area (Å²) in [6.07, 6.45) is 0.118. The molecule has 0 saturated heterocycles. The Balaban J connectivity index is 0. The van der Waals surface area contributed by atoms with Crippen molar-refractivity contribution in [2.75, 3.05) is 6.26 Å². The van der Waals surface area contributed by atoms with Crippen molar-refractivity contribution in [2.45, 2.75) is 5.51 Å². The smallest absolute Gasteiger partial charge is 0.220 e. The van der Waals surface area contributed by atoms with Crippen molar-refractivity contribution in [3.8, 4) is 0 Å². The van der Waals surface area contributed by atoms with Crippen molar-refractivity contribution >= 4 is 9.84 Å². The minimum absolute atomic E-state index is 0. The molecule has 0 aromatic heterocycles. The zero-order valence-electron chi connectivity index (χ0n) is 4.57. The minimum atomic E-state index is -5.09. The molecule has 0 fully saturated rings. The summed E-state index contributed by atoms with van der Waals surface area (Å²) in [5.41, 5.74) is -5.09. The number of rotatable bonds is 0. The molecule has 0 unspecified atom stereocenters. The topological polar surface area (TPSA) is 34.1 Å². The molecule has 0 bridgehead atoms. The van der Waals surface area contributed by atoms with Gasteiger partial charge in [0, 0.05) is 25.7 Å². The molecular weight excluding hydrogens is 210 g/mol. The molecule has 0 radical (unpaired) electrons. The first-order valence-corrected chi connectivity index (χ1v) is 3.40. The Hall–Kier alpha value is 0.363. The predicted molar refractivity (Wildman–Crippen MR) is 20.9 cm³/mol. The van der Waals surface area contributed by atoms with Crippen LogP contribution in [0, 0.1) is 0 Å². The van der Waals surface area contributed by atoms with E-state index in [2.05, 4.69) is 0 Å². The Morgan fingerprint density at radius 3 is 1.33 bits per heavy atom. The van der Waals surface area contributed by atoms with Crippen molar-refractivity contribution in [3.63, 3.8) is 0 Å². The fourth-order valence-corrected chi connectivity index (χ4v) is 0. The van der Waals surface area contributed by atoms with Gasteiger partial charge in [-0.2, -0.15) is 13.2 Å². The summed E-state index contributed by atoms with van der Waals surface area (Å²) < 4.78 is 52.0. The third-order valence-electron chi connectivity index (χ3n) is 0.420. The summed E-state index contributed by atoms with van der Waals surface area (Å²) in [5.74, 6) is 0. The van der Waals surface area contributed by atoms with Crippen LogP contribution in [0.1, 0.15) is 0 Å². The van der Waals surface area contributed by atoms with Crippen molar-refractivity contribution in [3.05, 3.63) is 0 Å². The third-order valence-corrected chi connectivity index (χ3v) is 1.26. The summed E-state index contributed by atoms with van der Waals surface area (Å²) in [4.78, 5) is 0. The zero-order valence-corrected chi connectivity index (χ0v) is 8.35. The maximum absolute atomic E-state index is 11.0. The largest absolute Gasteiger partial charge is 0.497 e. The predicted octanol–water partition coefficient (Wildman–Crippen LogP) is 0.548. The molecule has 7 heteroatoms. The van der Waals surface area contributed by atoms with Crippen molar-refractivity contribution in [1.82, 2.24) is 0 Å². The van der Waals surface area contributed by atoms with Crippen LogP contribution in [0.4, 0.5) is 13.2 Å². The first-order valence-electron chi connectivity index (χ1n) is 1.51. The van der Waals surface area contributed by atoms with Gasteiger partial charge in [-0.25, -0.2) is 8.42 Å². The van der Waals surface area contributed by atoms with E-state index in [4.69, 9.17) is 0 Å². The Morgan fingerprint density at radius 2 is 1.33 bits per heavy atom. The van der Waals surface area contributed by atoms with Crippen LogP contribution in [-0.2, 0) is 29.3 Å². The van der Waals surface area contributed by atoms with Gasteiger partial charge in [0.15, 0.2) is 0 Å². The number of hydrogen-bond donors (Lipinski definition) is 0. The maximum atomic E-state index is 11.0. The van der Waals surface area contributed by atoms with Gasteiger partial charge in [0.25, 0.3) is 0 Å². The van der Waals surface area contributed by atoms with Gasteiger partial charge < -0.3 is 0 Å². The van der Waals surface area contributed by atoms with Crippen molar-refractivity contribution < 1.29 is 41.1 Å². The van der Waals surface area contributed by atoms with E-state index in [9.17, 15) is 21.6 Å². The van der Waals surface area contributed by atoms with Crippen LogP contribution >= 0.6 is 0 Å². The van der Waals surface area contributed by atoms with Crippen LogP contribution in [0.3, 0.4) is 0 Å². The molecular formula is C2H3F3O2SZn. The second kappa shape index (κ2) is 2.97. The van der Waals surface area contributed by atoms with Gasteiger partial charge in [0.05, 0.1) is 0 Å². The number of alkyl halides is 3. The van der Waals surface area contributed by atoms with E-state index >= 15 is 0 Å². The fraction of sp³-hybridized carbons (Fsp3) is 1.00. The third kappa shape index (κ3) is 3.86. The van der Waals surface area contributed by atoms with E-state index in [0.29, 0.717) is 0 Å². The van der Waals surface area contributed by atoms with E-state index < -0.39 is 15.3 Å². The Kier molecular flexibility index (Phi) is 3.98. The summed E-state index contributed by atoms with van der Waals surface area (Å²) in [7, 11) is -4.84. The van der Waals surface area contributed by atoms with Crippen LogP contribution in [0.15, 0.2) is 0 Å². The van der Waals surface area contributed by atoms with Crippen molar-refractivity contribution in [2.24, 2.45) is 0 Å². The molecule has 52 valence electrons. The number of halogens is 3. The fourth-order valence-electron chi connectivity index (χ4n) is 0. The molecule has 0 aromatic rings. The van der Waals surface area contributed by atoms with Gasteiger partial charge in [-0.3, -0.25) is 0 Å². The van der Waals surface area contributed by atoms with E-state index in [1.54, 1.807) is 0 Å². The molecule has 0 saturated carbocycles. The summed E-state index contributed by atoms with van der Waals surface area (Å²) in [6, 6.07) is 0. The van der Waals surface area contributed by atoms with Crippen LogP contribution in [0.5, 0.6) is 0 Å². The number of hydrogen-bond acceptors (Lipinski definition) is 2. The average molecular weight is 213 g/mol. The van der Waals surface area contributed by atoms with Crippen LogP contribution in [-0.4, -0.2) is 20.2 Å². The molecule has 0 spiro atoms. The molecule has 0 N–H and O–H groups in total.